The van der Waals surface area contributed by atoms with Crippen molar-refractivity contribution < 1.29 is 4.74 Å². The smallest absolute Gasteiger partial charge is 0.181 e. The number of H-pyrrole nitrogens is 1. The molecule has 2 rings (SSSR count). The summed E-state index contributed by atoms with van der Waals surface area (Å²) in [5.74, 6) is 0. The van der Waals surface area contributed by atoms with Gasteiger partial charge in [-0.3, -0.25) is 9.25 Å². The summed E-state index contributed by atoms with van der Waals surface area (Å²) in [6, 6.07) is 0. The normalized spacial score (nSPS) is 10.7. The molecular weight excluding hydrogens is 212 g/mol. The Hall–Kier alpha value is -1.40. The van der Waals surface area contributed by atoms with Crippen LogP contribution in [0.3, 0.4) is 0 Å². The van der Waals surface area contributed by atoms with Gasteiger partial charge in [-0.15, -0.1) is 0 Å². The first-order valence-electron chi connectivity index (χ1n) is 4.59. The van der Waals surface area contributed by atoms with Crippen molar-refractivity contribution in [2.75, 3.05) is 13.7 Å². The van der Waals surface area contributed by atoms with Crippen molar-refractivity contribution in [3.8, 4) is 5.69 Å². The summed E-state index contributed by atoms with van der Waals surface area (Å²) in [5.41, 5.74) is 0.956. The van der Waals surface area contributed by atoms with Crippen LogP contribution < -0.4 is 0 Å². The summed E-state index contributed by atoms with van der Waals surface area (Å²) in [5, 5.41) is 4.21. The summed E-state index contributed by atoms with van der Waals surface area (Å²) < 4.78 is 9.34. The summed E-state index contributed by atoms with van der Waals surface area (Å²) in [6.45, 7) is 1.40. The predicted octanol–water partition coefficient (Wildman–Crippen LogP) is 1.38. The lowest BCUT2D eigenvalue weighted by atomic mass is 10.5. The number of nitrogens with one attached hydrogen (secondary N) is 1. The van der Waals surface area contributed by atoms with Gasteiger partial charge in [0.25, 0.3) is 0 Å². The third-order valence-corrected chi connectivity index (χ3v) is 2.39. The molecule has 1 N–H and O–H groups in total. The molecular formula is C9H12N4OS. The third kappa shape index (κ3) is 2.16. The lowest BCUT2D eigenvalue weighted by Gasteiger charge is -1.98. The minimum absolute atomic E-state index is 0.652. The van der Waals surface area contributed by atoms with Crippen LogP contribution in [0, 0.1) is 4.77 Å². The van der Waals surface area contributed by atoms with Gasteiger partial charge in [0, 0.05) is 25.7 Å². The summed E-state index contributed by atoms with van der Waals surface area (Å²) >= 11 is 5.11. The molecule has 6 heteroatoms. The van der Waals surface area contributed by atoms with E-state index in [2.05, 4.69) is 10.1 Å². The molecule has 2 aromatic heterocycles. The lowest BCUT2D eigenvalue weighted by molar-refractivity contribution is 0.183. The van der Waals surface area contributed by atoms with Crippen LogP contribution in [0.4, 0.5) is 0 Å². The van der Waals surface area contributed by atoms with Gasteiger partial charge >= 0.3 is 0 Å². The molecule has 0 saturated heterocycles. The van der Waals surface area contributed by atoms with Crippen LogP contribution in [0.2, 0.25) is 0 Å². The van der Waals surface area contributed by atoms with Crippen LogP contribution in [0.15, 0.2) is 24.8 Å². The molecule has 0 aromatic carbocycles. The fraction of sp³-hybridized carbons (Fsp3) is 0.333. The van der Waals surface area contributed by atoms with Crippen molar-refractivity contribution in [2.24, 2.45) is 0 Å². The van der Waals surface area contributed by atoms with E-state index in [1.807, 2.05) is 21.6 Å². The highest BCUT2D eigenvalue weighted by Crippen LogP contribution is 2.06. The largest absolute Gasteiger partial charge is 0.383 e. The zero-order chi connectivity index (χ0) is 10.7. The minimum atomic E-state index is 0.652. The molecule has 2 aromatic rings. The van der Waals surface area contributed by atoms with Crippen molar-refractivity contribution >= 4 is 12.2 Å². The second kappa shape index (κ2) is 4.41. The van der Waals surface area contributed by atoms with Crippen molar-refractivity contribution in [1.82, 2.24) is 19.3 Å². The number of hydrogen-bond acceptors (Lipinski definition) is 3. The Bertz CT molecular complexity index is 484. The van der Waals surface area contributed by atoms with Crippen LogP contribution in [-0.2, 0) is 11.3 Å². The first-order valence-corrected chi connectivity index (χ1v) is 5.00. The molecule has 0 aliphatic heterocycles. The molecule has 0 atom stereocenters. The first-order chi connectivity index (χ1) is 7.31. The molecule has 15 heavy (non-hydrogen) atoms. The fourth-order valence-corrected chi connectivity index (χ4v) is 1.54. The van der Waals surface area contributed by atoms with E-state index < -0.39 is 0 Å². The highest BCUT2D eigenvalue weighted by Gasteiger charge is 2.01. The van der Waals surface area contributed by atoms with Gasteiger partial charge in [-0.2, -0.15) is 5.10 Å². The van der Waals surface area contributed by atoms with Crippen LogP contribution >= 0.6 is 12.2 Å². The number of aromatic amines is 1. The molecule has 0 saturated carbocycles. The van der Waals surface area contributed by atoms with Crippen molar-refractivity contribution in [3.63, 3.8) is 0 Å². The second-order valence-electron chi connectivity index (χ2n) is 3.09. The highest BCUT2D eigenvalue weighted by atomic mass is 32.1. The van der Waals surface area contributed by atoms with E-state index in [1.54, 1.807) is 19.5 Å². The summed E-state index contributed by atoms with van der Waals surface area (Å²) in [6.07, 6.45) is 7.39. The van der Waals surface area contributed by atoms with Crippen molar-refractivity contribution in [2.45, 2.75) is 6.54 Å². The van der Waals surface area contributed by atoms with Crippen molar-refractivity contribution in [1.29, 1.82) is 0 Å². The number of nitrogens with zero attached hydrogens (tertiary/aromatic N) is 3. The molecule has 0 aliphatic rings. The van der Waals surface area contributed by atoms with Crippen LogP contribution in [0.25, 0.3) is 5.69 Å². The van der Waals surface area contributed by atoms with Gasteiger partial charge in [0.2, 0.25) is 0 Å². The zero-order valence-electron chi connectivity index (χ0n) is 8.38. The Kier molecular flexibility index (Phi) is 2.98. The molecule has 5 nitrogen and oxygen atoms in total. The van der Waals surface area contributed by atoms with Crippen molar-refractivity contribution in [3.05, 3.63) is 29.6 Å². The summed E-state index contributed by atoms with van der Waals surface area (Å²) in [7, 11) is 1.67. The number of methoxy groups -OCH3 is 1. The third-order valence-electron chi connectivity index (χ3n) is 2.07. The van der Waals surface area contributed by atoms with Gasteiger partial charge in [-0.05, 0) is 12.2 Å². The maximum atomic E-state index is 5.11. The maximum Gasteiger partial charge on any atom is 0.181 e. The average molecular weight is 224 g/mol. The molecule has 0 aliphatic carbocycles. The van der Waals surface area contributed by atoms with Gasteiger partial charge in [0.15, 0.2) is 4.77 Å². The van der Waals surface area contributed by atoms with E-state index in [4.69, 9.17) is 17.0 Å². The van der Waals surface area contributed by atoms with Crippen LogP contribution in [-0.4, -0.2) is 33.0 Å². The number of aromatic nitrogens is 4. The number of hydrogen-bond donors (Lipinski definition) is 1. The Morgan fingerprint density at radius 3 is 3.13 bits per heavy atom. The minimum Gasteiger partial charge on any atom is -0.383 e. The van der Waals surface area contributed by atoms with E-state index in [-0.39, 0.29) is 0 Å². The van der Waals surface area contributed by atoms with Gasteiger partial charge in [-0.1, -0.05) is 0 Å². The molecule has 0 amide bonds. The Labute approximate surface area is 92.3 Å². The molecule has 0 spiro atoms. The monoisotopic (exact) mass is 224 g/mol. The van der Waals surface area contributed by atoms with E-state index in [0.29, 0.717) is 11.4 Å². The number of ether oxygens (including phenoxy) is 1. The quantitative estimate of drug-likeness (QED) is 0.798. The lowest BCUT2D eigenvalue weighted by Crippen LogP contribution is -2.04. The molecule has 0 bridgehead atoms. The van der Waals surface area contributed by atoms with E-state index in [9.17, 15) is 0 Å². The fourth-order valence-electron chi connectivity index (χ4n) is 1.31. The average Bonchev–Trinajstić information content (AvgIpc) is 2.83. The van der Waals surface area contributed by atoms with Gasteiger partial charge in [-0.25, -0.2) is 0 Å². The molecule has 0 radical (unpaired) electrons. The summed E-state index contributed by atoms with van der Waals surface area (Å²) in [4.78, 5) is 2.94. The molecule has 0 fully saturated rings. The maximum absolute atomic E-state index is 5.11. The molecule has 0 unspecified atom stereocenters. The highest BCUT2D eigenvalue weighted by molar-refractivity contribution is 7.71. The Morgan fingerprint density at radius 2 is 2.47 bits per heavy atom. The van der Waals surface area contributed by atoms with E-state index in [1.165, 1.54) is 0 Å². The number of rotatable bonds is 4. The predicted molar refractivity (Wildman–Crippen MR) is 58.6 cm³/mol. The van der Waals surface area contributed by atoms with Crippen LogP contribution in [0.5, 0.6) is 0 Å². The molecule has 80 valence electrons. The SMILES string of the molecule is COCCn1cc(-n2cc[nH]c2=S)cn1. The van der Waals surface area contributed by atoms with Gasteiger partial charge in [0.05, 0.1) is 25.0 Å². The van der Waals surface area contributed by atoms with E-state index >= 15 is 0 Å². The van der Waals surface area contributed by atoms with Gasteiger partial charge < -0.3 is 9.72 Å². The first kappa shape index (κ1) is 10.1. The van der Waals surface area contributed by atoms with E-state index in [0.717, 1.165) is 12.2 Å². The Balaban J connectivity index is 2.21. The zero-order valence-corrected chi connectivity index (χ0v) is 9.20. The Morgan fingerprint density at radius 1 is 1.60 bits per heavy atom. The second-order valence-corrected chi connectivity index (χ2v) is 3.48. The topological polar surface area (TPSA) is 47.8 Å². The standard InChI is InChI=1S/C9H12N4OS/c1-14-5-4-12-7-8(6-11-12)13-3-2-10-9(13)15/h2-3,6-7H,4-5H2,1H3,(H,10,15). The van der Waals surface area contributed by atoms with Crippen LogP contribution in [0.1, 0.15) is 0 Å². The number of imidazole rings is 1. The molecule has 2 heterocycles. The van der Waals surface area contributed by atoms with Gasteiger partial charge in [0.1, 0.15) is 0 Å².